The van der Waals surface area contributed by atoms with Gasteiger partial charge in [-0.2, -0.15) is 0 Å². The third kappa shape index (κ3) is 5.24. The van der Waals surface area contributed by atoms with Gasteiger partial charge in [0.1, 0.15) is 29.1 Å². The Morgan fingerprint density at radius 2 is 1.88 bits per heavy atom. The first-order valence-electron chi connectivity index (χ1n) is 11.0. The number of ether oxygens (including phenoxy) is 2. The summed E-state index contributed by atoms with van der Waals surface area (Å²) in [5, 5.41) is 4.08. The minimum atomic E-state index is -0.632. The molecule has 1 saturated heterocycles. The maximum absolute atomic E-state index is 14.0. The van der Waals surface area contributed by atoms with Gasteiger partial charge in [0.2, 0.25) is 0 Å². The van der Waals surface area contributed by atoms with E-state index in [4.69, 9.17) is 9.47 Å². The fourth-order valence-electron chi connectivity index (χ4n) is 4.09. The van der Waals surface area contributed by atoms with Crippen molar-refractivity contribution in [1.29, 1.82) is 0 Å². The summed E-state index contributed by atoms with van der Waals surface area (Å²) in [7, 11) is 0. The molecule has 2 unspecified atom stereocenters. The highest BCUT2D eigenvalue weighted by molar-refractivity contribution is 5.94. The minimum absolute atomic E-state index is 0.204. The van der Waals surface area contributed by atoms with E-state index in [9.17, 15) is 14.0 Å². The number of anilines is 1. The number of halogens is 1. The van der Waals surface area contributed by atoms with Crippen molar-refractivity contribution in [2.75, 3.05) is 18.4 Å². The van der Waals surface area contributed by atoms with Gasteiger partial charge in [0.25, 0.3) is 0 Å². The van der Waals surface area contributed by atoms with Crippen molar-refractivity contribution in [3.63, 3.8) is 0 Å². The van der Waals surface area contributed by atoms with Crippen LogP contribution in [0.1, 0.15) is 39.2 Å². The molecular formula is C25H27FN4O4. The number of hydrogen-bond acceptors (Lipinski definition) is 7. The Hall–Kier alpha value is -3.75. The van der Waals surface area contributed by atoms with Gasteiger partial charge in [-0.15, -0.1) is 0 Å². The van der Waals surface area contributed by atoms with E-state index >= 15 is 0 Å². The molecule has 2 atom stereocenters. The van der Waals surface area contributed by atoms with E-state index in [1.165, 1.54) is 25.4 Å². The molecule has 0 spiro atoms. The zero-order valence-corrected chi connectivity index (χ0v) is 19.5. The van der Waals surface area contributed by atoms with E-state index in [2.05, 4.69) is 15.3 Å². The average Bonchev–Trinajstić information content (AvgIpc) is 3.17. The number of aromatic nitrogens is 2. The first-order chi connectivity index (χ1) is 16.1. The molecule has 9 heteroatoms. The molecule has 1 aromatic heterocycles. The highest BCUT2D eigenvalue weighted by atomic mass is 19.1. The second-order valence-electron chi connectivity index (χ2n) is 9.27. The lowest BCUT2D eigenvalue weighted by molar-refractivity contribution is -0.131. The molecule has 8 nitrogen and oxygen atoms in total. The predicted octanol–water partition coefficient (Wildman–Crippen LogP) is 4.51. The average molecular weight is 467 g/mol. The Balaban J connectivity index is 1.67. The van der Waals surface area contributed by atoms with E-state index in [0.717, 1.165) is 5.56 Å². The van der Waals surface area contributed by atoms with Gasteiger partial charge >= 0.3 is 12.1 Å². The zero-order valence-electron chi connectivity index (χ0n) is 19.5. The van der Waals surface area contributed by atoms with Gasteiger partial charge < -0.3 is 19.7 Å². The number of nitrogens with one attached hydrogen (secondary N) is 1. The summed E-state index contributed by atoms with van der Waals surface area (Å²) >= 11 is 0. The summed E-state index contributed by atoms with van der Waals surface area (Å²) in [5.41, 5.74) is 0.620. The Kier molecular flexibility index (Phi) is 6.37. The molecule has 2 heterocycles. The number of para-hydroxylation sites is 1. The largest absolute Gasteiger partial charge is 0.444 e. The van der Waals surface area contributed by atoms with Crippen LogP contribution >= 0.6 is 0 Å². The van der Waals surface area contributed by atoms with Crippen molar-refractivity contribution in [2.24, 2.45) is 0 Å². The third-order valence-corrected chi connectivity index (χ3v) is 5.45. The SMILES string of the molecule is CC(=O)Oc1cccc2c(NC3CN(C(=O)OC(C)(C)C)CC3c3cccc(F)c3)ncnc12. The van der Waals surface area contributed by atoms with Gasteiger partial charge in [0.05, 0.1) is 6.04 Å². The number of carbonyl (C=O) groups excluding carboxylic acids is 2. The second-order valence-corrected chi connectivity index (χ2v) is 9.27. The molecule has 1 N–H and O–H groups in total. The van der Waals surface area contributed by atoms with E-state index < -0.39 is 17.7 Å². The normalized spacial score (nSPS) is 18.1. The highest BCUT2D eigenvalue weighted by Crippen LogP contribution is 2.34. The summed E-state index contributed by atoms with van der Waals surface area (Å²) in [6, 6.07) is 11.3. The molecule has 0 bridgehead atoms. The molecule has 4 rings (SSSR count). The Bertz CT molecular complexity index is 1230. The molecule has 0 saturated carbocycles. The third-order valence-electron chi connectivity index (χ3n) is 5.45. The highest BCUT2D eigenvalue weighted by Gasteiger charge is 2.38. The maximum Gasteiger partial charge on any atom is 0.410 e. The Labute approximate surface area is 197 Å². The molecular weight excluding hydrogens is 439 g/mol. The molecule has 1 fully saturated rings. The van der Waals surface area contributed by atoms with Crippen LogP contribution in [0.4, 0.5) is 15.0 Å². The van der Waals surface area contributed by atoms with Gasteiger partial charge in [0.15, 0.2) is 5.75 Å². The smallest absolute Gasteiger partial charge is 0.410 e. The summed E-state index contributed by atoms with van der Waals surface area (Å²) in [6.45, 7) is 7.47. The predicted molar refractivity (Wildman–Crippen MR) is 125 cm³/mol. The van der Waals surface area contributed by atoms with Crippen molar-refractivity contribution in [3.8, 4) is 5.75 Å². The van der Waals surface area contributed by atoms with E-state index in [-0.39, 0.29) is 17.8 Å². The number of benzene rings is 2. The fraction of sp³-hybridized carbons (Fsp3) is 0.360. The van der Waals surface area contributed by atoms with Crippen LogP contribution < -0.4 is 10.1 Å². The van der Waals surface area contributed by atoms with Crippen molar-refractivity contribution >= 4 is 28.8 Å². The molecule has 34 heavy (non-hydrogen) atoms. The van der Waals surface area contributed by atoms with E-state index in [1.54, 1.807) is 23.1 Å². The van der Waals surface area contributed by atoms with Crippen LogP contribution in [0.5, 0.6) is 5.75 Å². The monoisotopic (exact) mass is 466 g/mol. The van der Waals surface area contributed by atoms with Crippen molar-refractivity contribution in [1.82, 2.24) is 14.9 Å². The number of likely N-dealkylation sites (tertiary alicyclic amines) is 1. The number of esters is 1. The summed E-state index contributed by atoms with van der Waals surface area (Å²) < 4.78 is 24.9. The summed E-state index contributed by atoms with van der Waals surface area (Å²) in [5.74, 6) is -0.138. The van der Waals surface area contributed by atoms with Crippen LogP contribution in [0.2, 0.25) is 0 Å². The van der Waals surface area contributed by atoms with Crippen LogP contribution in [-0.4, -0.2) is 51.7 Å². The van der Waals surface area contributed by atoms with Gasteiger partial charge in [-0.25, -0.2) is 19.2 Å². The number of rotatable bonds is 4. The fourth-order valence-corrected chi connectivity index (χ4v) is 4.09. The summed E-state index contributed by atoms with van der Waals surface area (Å²) in [6.07, 6.45) is 0.956. The number of amides is 1. The molecule has 3 aromatic rings. The van der Waals surface area contributed by atoms with Crippen LogP contribution in [0.3, 0.4) is 0 Å². The standard InChI is InChI=1S/C25H27FN4O4/c1-15(31)33-21-10-6-9-18-22(21)27-14-28-23(18)29-20-13-30(24(32)34-25(2,3)4)12-19(20)16-7-5-8-17(26)11-16/h5-11,14,19-20H,12-13H2,1-4H3,(H,27,28,29). The van der Waals surface area contributed by atoms with Crippen LogP contribution in [0, 0.1) is 5.82 Å². The molecule has 2 aromatic carbocycles. The topological polar surface area (TPSA) is 93.7 Å². The lowest BCUT2D eigenvalue weighted by atomic mass is 9.94. The Morgan fingerprint density at radius 3 is 2.59 bits per heavy atom. The zero-order chi connectivity index (χ0) is 24.5. The van der Waals surface area contributed by atoms with Gasteiger partial charge in [-0.3, -0.25) is 4.79 Å². The Morgan fingerprint density at radius 1 is 1.12 bits per heavy atom. The van der Waals surface area contributed by atoms with Crippen LogP contribution in [-0.2, 0) is 9.53 Å². The number of nitrogens with zero attached hydrogens (tertiary/aromatic N) is 3. The molecule has 1 aliphatic heterocycles. The lowest BCUT2D eigenvalue weighted by Crippen LogP contribution is -2.36. The second kappa shape index (κ2) is 9.24. The minimum Gasteiger partial charge on any atom is -0.444 e. The van der Waals surface area contributed by atoms with Crippen molar-refractivity contribution < 1.29 is 23.5 Å². The van der Waals surface area contributed by atoms with Crippen molar-refractivity contribution in [3.05, 3.63) is 60.2 Å². The molecule has 178 valence electrons. The summed E-state index contributed by atoms with van der Waals surface area (Å²) in [4.78, 5) is 34.6. The molecule has 0 aliphatic carbocycles. The number of carbonyl (C=O) groups is 2. The van der Waals surface area contributed by atoms with E-state index in [0.29, 0.717) is 35.6 Å². The quantitative estimate of drug-likeness (QED) is 0.447. The van der Waals surface area contributed by atoms with Crippen molar-refractivity contribution in [2.45, 2.75) is 45.3 Å². The number of fused-ring (bicyclic) bond motifs is 1. The van der Waals surface area contributed by atoms with Gasteiger partial charge in [-0.1, -0.05) is 18.2 Å². The van der Waals surface area contributed by atoms with E-state index in [1.807, 2.05) is 32.9 Å². The van der Waals surface area contributed by atoms with Crippen LogP contribution in [0.15, 0.2) is 48.8 Å². The van der Waals surface area contributed by atoms with Crippen LogP contribution in [0.25, 0.3) is 10.9 Å². The molecule has 1 amide bonds. The van der Waals surface area contributed by atoms with Gasteiger partial charge in [0, 0.05) is 31.3 Å². The molecule has 0 radical (unpaired) electrons. The first-order valence-corrected chi connectivity index (χ1v) is 11.0. The lowest BCUT2D eigenvalue weighted by Gasteiger charge is -2.24. The van der Waals surface area contributed by atoms with Gasteiger partial charge in [-0.05, 0) is 50.6 Å². The first kappa shape index (κ1) is 23.4. The maximum atomic E-state index is 14.0. The molecule has 1 aliphatic rings. The number of hydrogen-bond donors (Lipinski definition) is 1.